The molecule has 0 aliphatic carbocycles. The number of hydrogen-bond acceptors (Lipinski definition) is 4. The number of nitro benzene ring substituents is 1. The van der Waals surface area contributed by atoms with Crippen LogP contribution in [0.2, 0.25) is 0 Å². The highest BCUT2D eigenvalue weighted by molar-refractivity contribution is 5.39. The first-order valence-corrected chi connectivity index (χ1v) is 5.39. The molecule has 5 heteroatoms. The van der Waals surface area contributed by atoms with Gasteiger partial charge in [0, 0.05) is 24.2 Å². The summed E-state index contributed by atoms with van der Waals surface area (Å²) >= 11 is 0. The van der Waals surface area contributed by atoms with E-state index in [0.717, 1.165) is 0 Å². The summed E-state index contributed by atoms with van der Waals surface area (Å²) < 4.78 is 0. The van der Waals surface area contributed by atoms with Crippen molar-refractivity contribution in [3.05, 3.63) is 39.9 Å². The summed E-state index contributed by atoms with van der Waals surface area (Å²) in [5.41, 5.74) is 0.748. The van der Waals surface area contributed by atoms with Crippen molar-refractivity contribution < 1.29 is 4.92 Å². The monoisotopic (exact) mass is 233 g/mol. The SMILES string of the molecule is CC(C)N(CC#N)Cc1ccccc1[N+](=O)[O-]. The van der Waals surface area contributed by atoms with Gasteiger partial charge in [0.2, 0.25) is 0 Å². The van der Waals surface area contributed by atoms with Crippen LogP contribution in [0, 0.1) is 21.4 Å². The van der Waals surface area contributed by atoms with Crippen molar-refractivity contribution in [2.24, 2.45) is 0 Å². The highest BCUT2D eigenvalue weighted by Crippen LogP contribution is 2.20. The second kappa shape index (κ2) is 5.97. The van der Waals surface area contributed by atoms with E-state index in [0.29, 0.717) is 12.1 Å². The highest BCUT2D eigenvalue weighted by Gasteiger charge is 2.17. The Bertz CT molecular complexity index is 438. The molecule has 0 saturated heterocycles. The number of hydrogen-bond donors (Lipinski definition) is 0. The summed E-state index contributed by atoms with van der Waals surface area (Å²) in [4.78, 5) is 12.4. The smallest absolute Gasteiger partial charge is 0.273 e. The Morgan fingerprint density at radius 3 is 2.65 bits per heavy atom. The summed E-state index contributed by atoms with van der Waals surface area (Å²) in [7, 11) is 0. The van der Waals surface area contributed by atoms with Gasteiger partial charge in [-0.05, 0) is 13.8 Å². The van der Waals surface area contributed by atoms with Gasteiger partial charge in [0.1, 0.15) is 0 Å². The van der Waals surface area contributed by atoms with Gasteiger partial charge < -0.3 is 0 Å². The van der Waals surface area contributed by atoms with Gasteiger partial charge in [-0.3, -0.25) is 15.0 Å². The van der Waals surface area contributed by atoms with Crippen LogP contribution < -0.4 is 0 Å². The molecular formula is C12H15N3O2. The van der Waals surface area contributed by atoms with Crippen molar-refractivity contribution >= 4 is 5.69 Å². The number of para-hydroxylation sites is 1. The van der Waals surface area contributed by atoms with Crippen LogP contribution >= 0.6 is 0 Å². The zero-order valence-electron chi connectivity index (χ0n) is 9.96. The molecule has 0 N–H and O–H groups in total. The first-order chi connectivity index (χ1) is 8.06. The van der Waals surface area contributed by atoms with Crippen LogP contribution in [0.25, 0.3) is 0 Å². The van der Waals surface area contributed by atoms with E-state index in [1.807, 2.05) is 18.7 Å². The van der Waals surface area contributed by atoms with Gasteiger partial charge >= 0.3 is 0 Å². The molecule has 0 amide bonds. The molecule has 1 aromatic carbocycles. The molecule has 0 aliphatic heterocycles. The first kappa shape index (κ1) is 13.1. The molecule has 17 heavy (non-hydrogen) atoms. The van der Waals surface area contributed by atoms with Crippen LogP contribution in [-0.4, -0.2) is 22.4 Å². The van der Waals surface area contributed by atoms with E-state index in [9.17, 15) is 10.1 Å². The van der Waals surface area contributed by atoms with E-state index < -0.39 is 0 Å². The maximum atomic E-state index is 10.9. The average Bonchev–Trinajstić information content (AvgIpc) is 2.28. The number of nitrogens with zero attached hydrogens (tertiary/aromatic N) is 3. The fraction of sp³-hybridized carbons (Fsp3) is 0.417. The van der Waals surface area contributed by atoms with Gasteiger partial charge in [0.05, 0.1) is 17.5 Å². The number of nitriles is 1. The van der Waals surface area contributed by atoms with E-state index in [1.54, 1.807) is 18.2 Å². The maximum absolute atomic E-state index is 10.9. The molecule has 1 rings (SSSR count). The van der Waals surface area contributed by atoms with Gasteiger partial charge in [-0.1, -0.05) is 18.2 Å². The Morgan fingerprint density at radius 2 is 2.12 bits per heavy atom. The van der Waals surface area contributed by atoms with Crippen molar-refractivity contribution in [3.8, 4) is 6.07 Å². The lowest BCUT2D eigenvalue weighted by Crippen LogP contribution is -2.30. The van der Waals surface area contributed by atoms with Gasteiger partial charge in [0.25, 0.3) is 5.69 Å². The fourth-order valence-corrected chi connectivity index (χ4v) is 1.55. The molecule has 0 heterocycles. The molecule has 0 fully saturated rings. The lowest BCUT2D eigenvalue weighted by molar-refractivity contribution is -0.385. The lowest BCUT2D eigenvalue weighted by Gasteiger charge is -2.23. The lowest BCUT2D eigenvalue weighted by atomic mass is 10.1. The molecule has 0 aromatic heterocycles. The van der Waals surface area contributed by atoms with Crippen LogP contribution in [0.3, 0.4) is 0 Å². The molecule has 0 unspecified atom stereocenters. The van der Waals surface area contributed by atoms with Gasteiger partial charge in [-0.15, -0.1) is 0 Å². The Balaban J connectivity index is 2.93. The quantitative estimate of drug-likeness (QED) is 0.444. The summed E-state index contributed by atoms with van der Waals surface area (Å²) in [6.45, 7) is 4.62. The number of benzene rings is 1. The third-order valence-corrected chi connectivity index (χ3v) is 2.57. The molecule has 0 atom stereocenters. The first-order valence-electron chi connectivity index (χ1n) is 5.39. The molecular weight excluding hydrogens is 218 g/mol. The van der Waals surface area contributed by atoms with Crippen LogP contribution in [0.5, 0.6) is 0 Å². The maximum Gasteiger partial charge on any atom is 0.273 e. The average molecular weight is 233 g/mol. The third-order valence-electron chi connectivity index (χ3n) is 2.57. The Morgan fingerprint density at radius 1 is 1.47 bits per heavy atom. The summed E-state index contributed by atoms with van der Waals surface area (Å²) in [6, 6.07) is 8.88. The predicted octanol–water partition coefficient (Wildman–Crippen LogP) is 2.33. The van der Waals surface area contributed by atoms with Crippen molar-refractivity contribution in [2.45, 2.75) is 26.4 Å². The second-order valence-corrected chi connectivity index (χ2v) is 4.04. The van der Waals surface area contributed by atoms with Crippen LogP contribution in [0.4, 0.5) is 5.69 Å². The zero-order chi connectivity index (χ0) is 12.8. The zero-order valence-corrected chi connectivity index (χ0v) is 9.96. The Kier molecular flexibility index (Phi) is 4.61. The van der Waals surface area contributed by atoms with Gasteiger partial charge in [-0.25, -0.2) is 0 Å². The largest absolute Gasteiger partial charge is 0.284 e. The molecule has 0 aliphatic rings. The molecule has 0 saturated carbocycles. The Hall–Kier alpha value is -1.93. The minimum Gasteiger partial charge on any atom is -0.284 e. The van der Waals surface area contributed by atoms with E-state index in [4.69, 9.17) is 5.26 Å². The standard InChI is InChI=1S/C12H15N3O2/c1-10(2)14(8-7-13)9-11-5-3-4-6-12(11)15(16)17/h3-6,10H,8-9H2,1-2H3. The number of rotatable bonds is 5. The molecule has 1 aromatic rings. The second-order valence-electron chi connectivity index (χ2n) is 4.04. The van der Waals surface area contributed by atoms with Crippen LogP contribution in [0.1, 0.15) is 19.4 Å². The van der Waals surface area contributed by atoms with E-state index in [-0.39, 0.29) is 23.2 Å². The number of nitro groups is 1. The molecule has 0 bridgehead atoms. The summed E-state index contributed by atoms with van der Waals surface area (Å²) in [6.07, 6.45) is 0. The van der Waals surface area contributed by atoms with Crippen LogP contribution in [0.15, 0.2) is 24.3 Å². The van der Waals surface area contributed by atoms with E-state index in [2.05, 4.69) is 6.07 Å². The van der Waals surface area contributed by atoms with Crippen molar-refractivity contribution in [1.82, 2.24) is 4.90 Å². The summed E-state index contributed by atoms with van der Waals surface area (Å²) in [5, 5.41) is 19.6. The molecule has 0 spiro atoms. The molecule has 5 nitrogen and oxygen atoms in total. The summed E-state index contributed by atoms with van der Waals surface area (Å²) in [5.74, 6) is 0. The molecule has 0 radical (unpaired) electrons. The fourth-order valence-electron chi connectivity index (χ4n) is 1.55. The topological polar surface area (TPSA) is 70.2 Å². The van der Waals surface area contributed by atoms with Crippen molar-refractivity contribution in [3.63, 3.8) is 0 Å². The van der Waals surface area contributed by atoms with Gasteiger partial charge in [-0.2, -0.15) is 5.26 Å². The normalized spacial score (nSPS) is 10.5. The minimum absolute atomic E-state index is 0.107. The van der Waals surface area contributed by atoms with Crippen LogP contribution in [-0.2, 0) is 6.54 Å². The highest BCUT2D eigenvalue weighted by atomic mass is 16.6. The van der Waals surface area contributed by atoms with Crippen molar-refractivity contribution in [1.29, 1.82) is 5.26 Å². The van der Waals surface area contributed by atoms with E-state index >= 15 is 0 Å². The third kappa shape index (κ3) is 3.54. The predicted molar refractivity (Wildman–Crippen MR) is 64.3 cm³/mol. The van der Waals surface area contributed by atoms with Gasteiger partial charge in [0.15, 0.2) is 0 Å². The minimum atomic E-state index is -0.389. The molecule has 90 valence electrons. The van der Waals surface area contributed by atoms with E-state index in [1.165, 1.54) is 6.07 Å². The Labute approximate surface area is 100 Å². The van der Waals surface area contributed by atoms with Crippen molar-refractivity contribution in [2.75, 3.05) is 6.54 Å².